The Morgan fingerprint density at radius 2 is 1.67 bits per heavy atom. The second kappa shape index (κ2) is 11.5. The Morgan fingerprint density at radius 1 is 0.974 bits per heavy atom. The van der Waals surface area contributed by atoms with Crippen molar-refractivity contribution in [1.29, 1.82) is 0 Å². The van der Waals surface area contributed by atoms with Gasteiger partial charge < -0.3 is 9.47 Å². The quantitative estimate of drug-likeness (QED) is 0.155. The number of aryl methyl sites for hydroxylation is 2. The lowest BCUT2D eigenvalue weighted by Gasteiger charge is -2.27. The van der Waals surface area contributed by atoms with Gasteiger partial charge in [0.25, 0.3) is 17.5 Å². The highest BCUT2D eigenvalue weighted by molar-refractivity contribution is 9.10. The van der Waals surface area contributed by atoms with Crippen LogP contribution >= 0.6 is 15.9 Å². The number of carbonyl (C=O) groups is 3. The Hall–Kier alpha value is -4.51. The summed E-state index contributed by atoms with van der Waals surface area (Å²) in [5.41, 5.74) is 3.16. The molecule has 3 aromatic carbocycles. The van der Waals surface area contributed by atoms with Gasteiger partial charge in [-0.25, -0.2) is 9.69 Å². The maximum absolute atomic E-state index is 13.3. The number of anilines is 1. The van der Waals surface area contributed by atoms with Gasteiger partial charge in [0.1, 0.15) is 12.2 Å². The Bertz CT molecular complexity index is 1520. The summed E-state index contributed by atoms with van der Waals surface area (Å²) in [6.45, 7) is 6.02. The molecule has 0 aliphatic carbocycles. The number of nitrogens with zero attached hydrogens (tertiary/aromatic N) is 2. The van der Waals surface area contributed by atoms with E-state index >= 15 is 0 Å². The van der Waals surface area contributed by atoms with Crippen molar-refractivity contribution < 1.29 is 28.8 Å². The molecule has 39 heavy (non-hydrogen) atoms. The third-order valence-corrected chi connectivity index (χ3v) is 6.74. The van der Waals surface area contributed by atoms with Gasteiger partial charge in [0.05, 0.1) is 17.2 Å². The van der Waals surface area contributed by atoms with Crippen LogP contribution in [0.25, 0.3) is 6.08 Å². The highest BCUT2D eigenvalue weighted by atomic mass is 79.9. The van der Waals surface area contributed by atoms with E-state index < -0.39 is 22.8 Å². The number of imide groups is 2. The molecule has 4 rings (SSSR count). The Morgan fingerprint density at radius 3 is 2.31 bits per heavy atom. The van der Waals surface area contributed by atoms with Gasteiger partial charge in [0, 0.05) is 16.6 Å². The summed E-state index contributed by atoms with van der Waals surface area (Å²) in [7, 11) is 0. The number of hydrogen-bond acceptors (Lipinski definition) is 7. The van der Waals surface area contributed by atoms with Crippen LogP contribution < -0.4 is 19.7 Å². The summed E-state index contributed by atoms with van der Waals surface area (Å²) in [5, 5.41) is 13.1. The Labute approximate surface area is 232 Å². The first kappa shape index (κ1) is 27.5. The molecule has 0 aromatic heterocycles. The molecule has 1 heterocycles. The Kier molecular flexibility index (Phi) is 8.10. The number of nitro benzene ring substituents is 1. The number of ether oxygens (including phenoxy) is 2. The topological polar surface area (TPSA) is 128 Å². The van der Waals surface area contributed by atoms with Crippen LogP contribution in [-0.4, -0.2) is 29.4 Å². The Balaban J connectivity index is 1.64. The second-order valence-electron chi connectivity index (χ2n) is 8.69. The molecule has 1 N–H and O–H groups in total. The van der Waals surface area contributed by atoms with Crippen molar-refractivity contribution >= 4 is 51.2 Å². The van der Waals surface area contributed by atoms with E-state index in [1.807, 2.05) is 13.8 Å². The van der Waals surface area contributed by atoms with Gasteiger partial charge >= 0.3 is 6.03 Å². The van der Waals surface area contributed by atoms with E-state index in [0.29, 0.717) is 39.4 Å². The number of nitro groups is 1. The normalized spacial score (nSPS) is 14.4. The fourth-order valence-electron chi connectivity index (χ4n) is 3.83. The molecule has 1 aliphatic heterocycles. The number of amides is 4. The smallest absolute Gasteiger partial charge is 0.335 e. The molecule has 0 bridgehead atoms. The summed E-state index contributed by atoms with van der Waals surface area (Å²) in [5.74, 6) is -0.820. The average Bonchev–Trinajstić information content (AvgIpc) is 2.89. The molecule has 3 aromatic rings. The standard InChI is InChI=1S/C28H24BrN3O7/c1-4-38-24-13-19(23(29)14-25(24)39-15-18-6-9-20(10-7-18)32(36)37)12-22-26(33)30-28(35)31(27(22)34)21-8-5-16(2)17(3)11-21/h5-14H,4,15H2,1-3H3,(H,30,33,35)/b22-12+. The molecule has 0 radical (unpaired) electrons. The number of nitrogens with one attached hydrogen (secondary N) is 1. The first-order valence-electron chi connectivity index (χ1n) is 11.9. The number of hydrogen-bond donors (Lipinski definition) is 1. The van der Waals surface area contributed by atoms with Crippen molar-refractivity contribution in [2.24, 2.45) is 0 Å². The number of halogens is 1. The lowest BCUT2D eigenvalue weighted by Crippen LogP contribution is -2.54. The fourth-order valence-corrected chi connectivity index (χ4v) is 4.27. The van der Waals surface area contributed by atoms with Gasteiger partial charge in [-0.1, -0.05) is 22.0 Å². The van der Waals surface area contributed by atoms with E-state index in [-0.39, 0.29) is 17.9 Å². The number of benzene rings is 3. The minimum absolute atomic E-state index is 0.0204. The van der Waals surface area contributed by atoms with E-state index in [0.717, 1.165) is 16.0 Å². The molecule has 200 valence electrons. The molecule has 1 saturated heterocycles. The first-order chi connectivity index (χ1) is 18.6. The number of rotatable bonds is 8. The third kappa shape index (κ3) is 5.99. The number of carbonyl (C=O) groups excluding carboxylic acids is 3. The molecule has 1 aliphatic rings. The van der Waals surface area contributed by atoms with Crippen LogP contribution in [0.5, 0.6) is 11.5 Å². The van der Waals surface area contributed by atoms with E-state index in [4.69, 9.17) is 9.47 Å². The molecular weight excluding hydrogens is 570 g/mol. The van der Waals surface area contributed by atoms with Crippen molar-refractivity contribution in [2.75, 3.05) is 11.5 Å². The maximum Gasteiger partial charge on any atom is 0.335 e. The van der Waals surface area contributed by atoms with Crippen molar-refractivity contribution in [3.63, 3.8) is 0 Å². The van der Waals surface area contributed by atoms with Gasteiger partial charge in [-0.3, -0.25) is 25.0 Å². The van der Waals surface area contributed by atoms with E-state index in [2.05, 4.69) is 21.2 Å². The largest absolute Gasteiger partial charge is 0.490 e. The van der Waals surface area contributed by atoms with Gasteiger partial charge in [0.15, 0.2) is 11.5 Å². The van der Waals surface area contributed by atoms with Crippen LogP contribution in [0.2, 0.25) is 0 Å². The zero-order chi connectivity index (χ0) is 28.3. The molecule has 1 fully saturated rings. The molecule has 0 unspecified atom stereocenters. The van der Waals surface area contributed by atoms with E-state index in [1.165, 1.54) is 18.2 Å². The minimum Gasteiger partial charge on any atom is -0.490 e. The highest BCUT2D eigenvalue weighted by Crippen LogP contribution is 2.36. The van der Waals surface area contributed by atoms with Crippen LogP contribution in [0, 0.1) is 24.0 Å². The molecule has 0 atom stereocenters. The number of urea groups is 1. The van der Waals surface area contributed by atoms with Crippen molar-refractivity contribution in [3.8, 4) is 11.5 Å². The van der Waals surface area contributed by atoms with Crippen LogP contribution in [0.15, 0.2) is 64.6 Å². The lowest BCUT2D eigenvalue weighted by atomic mass is 10.0. The van der Waals surface area contributed by atoms with E-state index in [1.54, 1.807) is 49.4 Å². The van der Waals surface area contributed by atoms with E-state index in [9.17, 15) is 24.5 Å². The molecule has 0 saturated carbocycles. The molecule has 4 amide bonds. The first-order valence-corrected chi connectivity index (χ1v) is 12.7. The van der Waals surface area contributed by atoms with Gasteiger partial charge in [-0.15, -0.1) is 0 Å². The predicted molar refractivity (Wildman–Crippen MR) is 148 cm³/mol. The third-order valence-electron chi connectivity index (χ3n) is 6.05. The summed E-state index contributed by atoms with van der Waals surface area (Å²) in [4.78, 5) is 49.9. The predicted octanol–water partition coefficient (Wildman–Crippen LogP) is 5.62. The molecular formula is C28H24BrN3O7. The summed E-state index contributed by atoms with van der Waals surface area (Å²) >= 11 is 3.46. The zero-order valence-electron chi connectivity index (χ0n) is 21.3. The number of barbiturate groups is 1. The van der Waals surface area contributed by atoms with Crippen molar-refractivity contribution in [1.82, 2.24) is 5.32 Å². The molecule has 11 heteroatoms. The van der Waals surface area contributed by atoms with Crippen molar-refractivity contribution in [2.45, 2.75) is 27.4 Å². The average molecular weight is 594 g/mol. The second-order valence-corrected chi connectivity index (χ2v) is 9.55. The van der Waals surface area contributed by atoms with Gasteiger partial charge in [-0.05, 0) is 85.5 Å². The fraction of sp³-hybridized carbons (Fsp3) is 0.179. The monoisotopic (exact) mass is 593 g/mol. The van der Waals surface area contributed by atoms with Crippen LogP contribution in [-0.2, 0) is 16.2 Å². The summed E-state index contributed by atoms with van der Waals surface area (Å²) < 4.78 is 12.1. The van der Waals surface area contributed by atoms with Gasteiger partial charge in [-0.2, -0.15) is 0 Å². The highest BCUT2D eigenvalue weighted by Gasteiger charge is 2.37. The molecule has 0 spiro atoms. The molecule has 10 nitrogen and oxygen atoms in total. The summed E-state index contributed by atoms with van der Waals surface area (Å²) in [6, 6.07) is 13.6. The van der Waals surface area contributed by atoms with Gasteiger partial charge in [0.2, 0.25) is 0 Å². The van der Waals surface area contributed by atoms with Crippen LogP contribution in [0.3, 0.4) is 0 Å². The minimum atomic E-state index is -0.825. The SMILES string of the molecule is CCOc1cc(/C=C2\C(=O)NC(=O)N(c3ccc(C)c(C)c3)C2=O)c(Br)cc1OCc1ccc([N+](=O)[O-])cc1. The van der Waals surface area contributed by atoms with Crippen molar-refractivity contribution in [3.05, 3.63) is 97.0 Å². The summed E-state index contributed by atoms with van der Waals surface area (Å²) in [6.07, 6.45) is 1.38. The zero-order valence-corrected chi connectivity index (χ0v) is 22.9. The lowest BCUT2D eigenvalue weighted by molar-refractivity contribution is -0.384. The number of non-ortho nitro benzene ring substituents is 1. The maximum atomic E-state index is 13.3. The van der Waals surface area contributed by atoms with Crippen LogP contribution in [0.1, 0.15) is 29.2 Å². The van der Waals surface area contributed by atoms with Crippen LogP contribution in [0.4, 0.5) is 16.2 Å².